The first-order valence-electron chi connectivity index (χ1n) is 13.4. The third-order valence-electron chi connectivity index (χ3n) is 6.18. The van der Waals surface area contributed by atoms with Crippen LogP contribution in [0.15, 0.2) is 78.9 Å². The fourth-order valence-corrected chi connectivity index (χ4v) is 3.82. The third-order valence-corrected chi connectivity index (χ3v) is 6.18. The zero-order valence-electron chi connectivity index (χ0n) is 26.1. The van der Waals surface area contributed by atoms with Crippen LogP contribution in [0.1, 0.15) is 53.3 Å². The number of carbonyl (C=O) groups is 3. The van der Waals surface area contributed by atoms with Crippen LogP contribution < -0.4 is 0 Å². The Balaban J connectivity index is 0.000000328. The number of carboxylic acid groups (broad SMARTS) is 3. The van der Waals surface area contributed by atoms with E-state index < -0.39 is 32.7 Å². The second kappa shape index (κ2) is 18.1. The first kappa shape index (κ1) is 39.9. The van der Waals surface area contributed by atoms with Crippen LogP contribution in [0.4, 0.5) is 22.7 Å². The van der Waals surface area contributed by atoms with Gasteiger partial charge in [0, 0.05) is 34.9 Å². The maximum Gasteiger partial charge on any atom is 0.342 e. The minimum atomic E-state index is -1.28. The molecule has 4 aromatic carbocycles. The maximum absolute atomic E-state index is 10.6. The predicted molar refractivity (Wildman–Crippen MR) is 172 cm³/mol. The van der Waals surface area contributed by atoms with Crippen molar-refractivity contribution in [1.82, 2.24) is 0 Å². The average Bonchev–Trinajstić information content (AvgIpc) is 3.01. The SMILES string of the molecule is Cc1cc(C(=O)O)ccc1[N+](=O)[O-].Cc1ccc([N+](=O)[O-])c(C(=O)O)c1.Cc1cccc(C(=O)O)c1[N+](=O)[O-].Cc1ccccc1[N+](=O)[O-]. The number of benzene rings is 4. The van der Waals surface area contributed by atoms with Crippen molar-refractivity contribution < 1.29 is 49.4 Å². The van der Waals surface area contributed by atoms with Gasteiger partial charge < -0.3 is 15.3 Å². The lowest BCUT2D eigenvalue weighted by molar-refractivity contribution is -0.385. The van der Waals surface area contributed by atoms with E-state index in [1.54, 1.807) is 32.0 Å². The van der Waals surface area contributed by atoms with Gasteiger partial charge in [0.2, 0.25) is 0 Å². The molecule has 256 valence electrons. The van der Waals surface area contributed by atoms with Crippen LogP contribution in [-0.4, -0.2) is 52.9 Å². The van der Waals surface area contributed by atoms with Crippen molar-refractivity contribution in [3.63, 3.8) is 0 Å². The molecule has 0 aliphatic heterocycles. The molecule has 0 radical (unpaired) electrons. The van der Waals surface area contributed by atoms with E-state index in [2.05, 4.69) is 0 Å². The fraction of sp³-hybridized carbons (Fsp3) is 0.129. The Kier molecular flexibility index (Phi) is 14.8. The van der Waals surface area contributed by atoms with Gasteiger partial charge in [-0.25, -0.2) is 14.4 Å². The second-order valence-electron chi connectivity index (χ2n) is 9.72. The lowest BCUT2D eigenvalue weighted by atomic mass is 10.1. The van der Waals surface area contributed by atoms with Gasteiger partial charge in [-0.05, 0) is 57.5 Å². The normalized spacial score (nSPS) is 9.55. The van der Waals surface area contributed by atoms with E-state index in [0.29, 0.717) is 22.3 Å². The van der Waals surface area contributed by atoms with E-state index in [1.165, 1.54) is 74.5 Å². The summed E-state index contributed by atoms with van der Waals surface area (Å²) < 4.78 is 0. The van der Waals surface area contributed by atoms with Gasteiger partial charge in [0.05, 0.1) is 25.3 Å². The van der Waals surface area contributed by atoms with E-state index in [0.717, 1.165) is 0 Å². The lowest BCUT2D eigenvalue weighted by Crippen LogP contribution is -2.03. The number of aryl methyl sites for hydroxylation is 4. The van der Waals surface area contributed by atoms with Crippen molar-refractivity contribution in [1.29, 1.82) is 0 Å². The smallest absolute Gasteiger partial charge is 0.342 e. The number of nitro benzene ring substituents is 4. The summed E-state index contributed by atoms with van der Waals surface area (Å²) in [4.78, 5) is 70.8. The molecule has 3 N–H and O–H groups in total. The number of aromatic carboxylic acids is 3. The minimum absolute atomic E-state index is 0.0584. The van der Waals surface area contributed by atoms with Gasteiger partial charge in [0.15, 0.2) is 0 Å². The highest BCUT2D eigenvalue weighted by atomic mass is 16.6. The van der Waals surface area contributed by atoms with E-state index >= 15 is 0 Å². The highest BCUT2D eigenvalue weighted by molar-refractivity contribution is 5.93. The molecule has 0 heterocycles. The largest absolute Gasteiger partial charge is 0.478 e. The van der Waals surface area contributed by atoms with Crippen molar-refractivity contribution >= 4 is 40.7 Å². The molecule has 0 aromatic heterocycles. The highest BCUT2D eigenvalue weighted by Gasteiger charge is 2.21. The van der Waals surface area contributed by atoms with Gasteiger partial charge in [-0.3, -0.25) is 40.5 Å². The Morgan fingerprint density at radius 3 is 1.39 bits per heavy atom. The predicted octanol–water partition coefficient (Wildman–Crippen LogP) is 6.71. The minimum Gasteiger partial charge on any atom is -0.478 e. The van der Waals surface area contributed by atoms with Gasteiger partial charge in [-0.1, -0.05) is 36.4 Å². The van der Waals surface area contributed by atoms with Crippen LogP contribution in [0.25, 0.3) is 0 Å². The summed E-state index contributed by atoms with van der Waals surface area (Å²) in [6.07, 6.45) is 0. The number of rotatable bonds is 7. The molecule has 0 spiro atoms. The molecule has 0 atom stereocenters. The standard InChI is InChI=1S/3C8H7NO4.C7H7NO2/c1-5-4-6(8(10)11)2-3-7(5)9(12)13;1-5-2-3-7(9(12)13)6(4-5)8(10)11;1-5-3-2-4-6(8(10)11)7(5)9(12)13;1-6-4-2-3-5-7(6)8(9)10/h3*2-4H,1H3,(H,10,11);2-5H,1H3. The molecule has 0 saturated carbocycles. The number of carboxylic acids is 3. The molecular weight excluding hydrogens is 652 g/mol. The van der Waals surface area contributed by atoms with E-state index in [9.17, 15) is 54.8 Å². The molecule has 0 fully saturated rings. The Hall–Kier alpha value is -7.11. The summed E-state index contributed by atoms with van der Waals surface area (Å²) in [5.74, 6) is -3.65. The van der Waals surface area contributed by atoms with Crippen LogP contribution in [0.2, 0.25) is 0 Å². The quantitative estimate of drug-likeness (QED) is 0.135. The first-order valence-corrected chi connectivity index (χ1v) is 13.4. The summed E-state index contributed by atoms with van der Waals surface area (Å²) in [6.45, 7) is 6.41. The zero-order valence-corrected chi connectivity index (χ0v) is 26.1. The summed E-state index contributed by atoms with van der Waals surface area (Å²) in [5, 5.41) is 67.3. The number of para-hydroxylation sites is 2. The van der Waals surface area contributed by atoms with Crippen molar-refractivity contribution in [2.45, 2.75) is 27.7 Å². The number of nitrogens with zero attached hydrogens (tertiary/aromatic N) is 4. The number of nitro groups is 4. The molecule has 0 amide bonds. The van der Waals surface area contributed by atoms with Crippen molar-refractivity contribution in [3.05, 3.63) is 158 Å². The van der Waals surface area contributed by atoms with Crippen LogP contribution in [0, 0.1) is 68.2 Å². The molecule has 4 aromatic rings. The fourth-order valence-electron chi connectivity index (χ4n) is 3.82. The van der Waals surface area contributed by atoms with Crippen LogP contribution in [0.5, 0.6) is 0 Å². The van der Waals surface area contributed by atoms with Crippen molar-refractivity contribution in [3.8, 4) is 0 Å². The van der Waals surface area contributed by atoms with Crippen LogP contribution >= 0.6 is 0 Å². The highest BCUT2D eigenvalue weighted by Crippen LogP contribution is 2.23. The molecule has 0 bridgehead atoms. The van der Waals surface area contributed by atoms with Gasteiger partial charge in [-0.2, -0.15) is 0 Å². The van der Waals surface area contributed by atoms with Gasteiger partial charge >= 0.3 is 17.9 Å². The first-order chi connectivity index (χ1) is 22.8. The van der Waals surface area contributed by atoms with Crippen molar-refractivity contribution in [2.75, 3.05) is 0 Å². The Morgan fingerprint density at radius 2 is 0.980 bits per heavy atom. The summed E-state index contributed by atoms with van der Waals surface area (Å²) >= 11 is 0. The van der Waals surface area contributed by atoms with E-state index in [1.807, 2.05) is 0 Å². The van der Waals surface area contributed by atoms with Gasteiger partial charge in [0.1, 0.15) is 11.1 Å². The molecule has 0 aliphatic rings. The number of hydrogen-bond acceptors (Lipinski definition) is 11. The maximum atomic E-state index is 10.6. The molecule has 49 heavy (non-hydrogen) atoms. The monoisotopic (exact) mass is 680 g/mol. The van der Waals surface area contributed by atoms with E-state index in [-0.39, 0.29) is 44.4 Å². The lowest BCUT2D eigenvalue weighted by Gasteiger charge is -1.99. The molecule has 18 heteroatoms. The van der Waals surface area contributed by atoms with Gasteiger partial charge in [0.25, 0.3) is 22.7 Å². The summed E-state index contributed by atoms with van der Waals surface area (Å²) in [6, 6.07) is 18.5. The van der Waals surface area contributed by atoms with Gasteiger partial charge in [-0.15, -0.1) is 0 Å². The topological polar surface area (TPSA) is 284 Å². The Labute approximate surface area is 276 Å². The Bertz CT molecular complexity index is 1910. The Morgan fingerprint density at radius 1 is 0.490 bits per heavy atom. The molecular formula is C31H28N4O14. The van der Waals surface area contributed by atoms with Crippen LogP contribution in [0.3, 0.4) is 0 Å². The molecule has 0 aliphatic carbocycles. The molecule has 4 rings (SSSR count). The average molecular weight is 681 g/mol. The molecule has 18 nitrogen and oxygen atoms in total. The second-order valence-corrected chi connectivity index (χ2v) is 9.72. The van der Waals surface area contributed by atoms with E-state index in [4.69, 9.17) is 15.3 Å². The molecule has 0 saturated heterocycles. The summed E-state index contributed by atoms with van der Waals surface area (Å²) in [7, 11) is 0. The zero-order chi connectivity index (χ0) is 37.6. The number of hydrogen-bond donors (Lipinski definition) is 3. The van der Waals surface area contributed by atoms with Crippen molar-refractivity contribution in [2.24, 2.45) is 0 Å². The van der Waals surface area contributed by atoms with Crippen LogP contribution in [-0.2, 0) is 0 Å². The third kappa shape index (κ3) is 12.0. The summed E-state index contributed by atoms with van der Waals surface area (Å²) in [5.41, 5.74) is 1.00. The molecule has 0 unspecified atom stereocenters.